The van der Waals surface area contributed by atoms with Gasteiger partial charge in [0.25, 0.3) is 0 Å². The van der Waals surface area contributed by atoms with Gasteiger partial charge in [0.05, 0.1) is 25.2 Å². The van der Waals surface area contributed by atoms with Gasteiger partial charge in [0.15, 0.2) is 5.78 Å². The third-order valence-electron chi connectivity index (χ3n) is 7.80. The molecule has 5 rings (SSSR count). The van der Waals surface area contributed by atoms with E-state index in [0.717, 1.165) is 16.7 Å². The molecule has 2 aromatic rings. The van der Waals surface area contributed by atoms with Crippen LogP contribution in [0.4, 0.5) is 0 Å². The van der Waals surface area contributed by atoms with Gasteiger partial charge in [-0.1, -0.05) is 86.0 Å². The van der Waals surface area contributed by atoms with Gasteiger partial charge in [-0.05, 0) is 56.7 Å². The zero-order valence-corrected chi connectivity index (χ0v) is 24.1. The topological polar surface area (TPSA) is 71.1 Å². The number of hydrogen-bond donors (Lipinski definition) is 0. The highest BCUT2D eigenvalue weighted by atomic mass is 16.6. The maximum absolute atomic E-state index is 13.7. The van der Waals surface area contributed by atoms with Gasteiger partial charge in [-0.3, -0.25) is 9.59 Å². The van der Waals surface area contributed by atoms with E-state index in [1.54, 1.807) is 6.92 Å². The van der Waals surface area contributed by atoms with Gasteiger partial charge in [-0.2, -0.15) is 0 Å². The molecule has 7 atom stereocenters. The minimum Gasteiger partial charge on any atom is -0.457 e. The fraction of sp³-hybridized carbons (Fsp3) is 0.471. The van der Waals surface area contributed by atoms with Gasteiger partial charge in [-0.15, -0.1) is 0 Å². The summed E-state index contributed by atoms with van der Waals surface area (Å²) in [6.07, 6.45) is 0.422. The van der Waals surface area contributed by atoms with E-state index in [2.05, 4.69) is 11.5 Å². The van der Waals surface area contributed by atoms with E-state index in [1.165, 1.54) is 0 Å². The molecule has 0 unspecified atom stereocenters. The van der Waals surface area contributed by atoms with E-state index >= 15 is 0 Å². The van der Waals surface area contributed by atoms with E-state index in [1.807, 2.05) is 94.4 Å². The second-order valence-electron chi connectivity index (χ2n) is 11.1. The molecule has 2 aromatic carbocycles. The molecule has 3 aliphatic heterocycles. The van der Waals surface area contributed by atoms with Gasteiger partial charge >= 0.3 is 5.97 Å². The minimum absolute atomic E-state index is 0.0562. The average molecular weight is 545 g/mol. The predicted octanol–water partition coefficient (Wildman–Crippen LogP) is 6.14. The Labute approximate surface area is 237 Å². The van der Waals surface area contributed by atoms with Crippen molar-refractivity contribution < 1.29 is 28.5 Å². The van der Waals surface area contributed by atoms with Crippen LogP contribution in [0.2, 0.25) is 0 Å². The van der Waals surface area contributed by atoms with Crippen molar-refractivity contribution >= 4 is 11.8 Å². The van der Waals surface area contributed by atoms with E-state index in [0.29, 0.717) is 19.4 Å². The van der Waals surface area contributed by atoms with Gasteiger partial charge < -0.3 is 18.9 Å². The summed E-state index contributed by atoms with van der Waals surface area (Å²) >= 11 is 0. The molecular weight excluding hydrogens is 504 g/mol. The zero-order chi connectivity index (χ0) is 28.7. The second kappa shape index (κ2) is 13.4. The summed E-state index contributed by atoms with van der Waals surface area (Å²) in [5.41, 5.74) is 8.05. The molecule has 0 radical (unpaired) electrons. The fourth-order valence-electron chi connectivity index (χ4n) is 5.31. The number of Topliss-reactive ketones (excluding diaryl/α,β-unsaturated/α-hetero) is 1. The highest BCUT2D eigenvalue weighted by Crippen LogP contribution is 2.40. The number of fused-ring (bicyclic) bond motifs is 8. The highest BCUT2D eigenvalue weighted by Gasteiger charge is 2.57. The van der Waals surface area contributed by atoms with Crippen molar-refractivity contribution in [1.29, 1.82) is 0 Å². The number of hydrogen-bond acceptors (Lipinski definition) is 6. The fourth-order valence-corrected chi connectivity index (χ4v) is 5.31. The van der Waals surface area contributed by atoms with Crippen molar-refractivity contribution in [2.75, 3.05) is 0 Å². The molecule has 212 valence electrons. The lowest BCUT2D eigenvalue weighted by atomic mass is 9.77. The van der Waals surface area contributed by atoms with Gasteiger partial charge in [0.1, 0.15) is 23.9 Å². The lowest BCUT2D eigenvalue weighted by molar-refractivity contribution is -0.232. The Morgan fingerprint density at radius 1 is 0.950 bits per heavy atom. The van der Waals surface area contributed by atoms with Crippen molar-refractivity contribution in [1.82, 2.24) is 0 Å². The minimum atomic E-state index is -1.01. The molecule has 1 fully saturated rings. The van der Waals surface area contributed by atoms with Gasteiger partial charge in [0.2, 0.25) is 0 Å². The Kier molecular flexibility index (Phi) is 9.97. The maximum Gasteiger partial charge on any atom is 0.312 e. The standard InChI is InChI=1S/C34H40O6/c1-6-28-23(2)14-13-19-29(37-21-26-15-9-7-10-16-26)24(3)20-34(5)32(35)31(40-34)30(25(4)33(36)39-28)38-22-27-17-11-8-12-18-27/h7-12,15-19,24-25,28-31H,6,20-22H2,1-5H3/t24-,25-,28-,29-,30-,31-,34+/m1/s1. The normalized spacial score (nSPS) is 31.0. The molecule has 2 bridgehead atoms. The Morgan fingerprint density at radius 3 is 2.12 bits per heavy atom. The van der Waals surface area contributed by atoms with Crippen LogP contribution >= 0.6 is 0 Å². The van der Waals surface area contributed by atoms with Crippen LogP contribution in [0.15, 0.2) is 83.8 Å². The summed E-state index contributed by atoms with van der Waals surface area (Å²) in [5.74, 6) is -1.28. The first-order valence-corrected chi connectivity index (χ1v) is 14.1. The van der Waals surface area contributed by atoms with Crippen molar-refractivity contribution in [3.05, 3.63) is 94.9 Å². The number of ketones is 1. The van der Waals surface area contributed by atoms with E-state index in [-0.39, 0.29) is 24.4 Å². The summed E-state index contributed by atoms with van der Waals surface area (Å²) in [6, 6.07) is 19.6. The molecule has 3 aliphatic rings. The van der Waals surface area contributed by atoms with Crippen LogP contribution in [0.25, 0.3) is 0 Å². The molecule has 1 saturated heterocycles. The van der Waals surface area contributed by atoms with Crippen LogP contribution in [-0.2, 0) is 41.8 Å². The third-order valence-corrected chi connectivity index (χ3v) is 7.80. The van der Waals surface area contributed by atoms with Crippen LogP contribution < -0.4 is 0 Å². The summed E-state index contributed by atoms with van der Waals surface area (Å²) in [4.78, 5) is 27.0. The molecule has 6 heteroatoms. The van der Waals surface area contributed by atoms with E-state index in [4.69, 9.17) is 18.9 Å². The molecule has 0 amide bonds. The number of ether oxygens (including phenoxy) is 4. The quantitative estimate of drug-likeness (QED) is 0.308. The summed E-state index contributed by atoms with van der Waals surface area (Å²) in [6.45, 7) is 10.1. The van der Waals surface area contributed by atoms with E-state index in [9.17, 15) is 9.59 Å². The third kappa shape index (κ3) is 7.09. The summed E-state index contributed by atoms with van der Waals surface area (Å²) in [7, 11) is 0. The Bertz CT molecular complexity index is 1260. The molecule has 0 spiro atoms. The van der Waals surface area contributed by atoms with E-state index < -0.39 is 35.8 Å². The lowest BCUT2D eigenvalue weighted by Gasteiger charge is -2.48. The molecule has 40 heavy (non-hydrogen) atoms. The smallest absolute Gasteiger partial charge is 0.312 e. The molecule has 0 aromatic heterocycles. The zero-order valence-electron chi connectivity index (χ0n) is 24.1. The number of carbonyl (C=O) groups is 2. The van der Waals surface area contributed by atoms with Crippen LogP contribution in [0.3, 0.4) is 0 Å². The van der Waals surface area contributed by atoms with Gasteiger partial charge in [0, 0.05) is 5.57 Å². The average Bonchev–Trinajstić information content (AvgIpc) is 2.97. The van der Waals surface area contributed by atoms with Crippen LogP contribution in [-0.4, -0.2) is 41.8 Å². The predicted molar refractivity (Wildman–Crippen MR) is 152 cm³/mol. The first-order valence-electron chi connectivity index (χ1n) is 14.1. The van der Waals surface area contributed by atoms with Crippen molar-refractivity contribution in [2.24, 2.45) is 11.8 Å². The van der Waals surface area contributed by atoms with Crippen LogP contribution in [0, 0.1) is 11.8 Å². The van der Waals surface area contributed by atoms with Crippen LogP contribution in [0.5, 0.6) is 0 Å². The SMILES string of the molecule is CC[C@H]1OC(=O)[C@H](C)[C@@H](OCc2ccccc2)[C@H]2O[C@@](C)(C[C@@H](C)[C@H](OCc3ccccc3)C=C=C=C1C)C2=O. The number of esters is 1. The molecule has 3 heterocycles. The molecule has 0 N–H and O–H groups in total. The van der Waals surface area contributed by atoms with Crippen molar-refractivity contribution in [2.45, 2.75) is 90.7 Å². The van der Waals surface area contributed by atoms with Crippen molar-refractivity contribution in [3.8, 4) is 0 Å². The number of benzene rings is 2. The lowest BCUT2D eigenvalue weighted by Crippen LogP contribution is -2.66. The first-order chi connectivity index (χ1) is 19.2. The largest absolute Gasteiger partial charge is 0.457 e. The molecule has 0 aliphatic carbocycles. The molecular formula is C34H40O6. The Balaban J connectivity index is 1.63. The Morgan fingerprint density at radius 2 is 1.55 bits per heavy atom. The Hall–Kier alpha value is -3.24. The molecule has 0 saturated carbocycles. The van der Waals surface area contributed by atoms with Gasteiger partial charge in [-0.25, -0.2) is 0 Å². The number of rotatable bonds is 7. The monoisotopic (exact) mass is 544 g/mol. The van der Waals surface area contributed by atoms with Crippen molar-refractivity contribution in [3.63, 3.8) is 0 Å². The molecule has 6 nitrogen and oxygen atoms in total. The number of carbonyl (C=O) groups excluding carboxylic acids is 2. The highest BCUT2D eigenvalue weighted by molar-refractivity contribution is 5.96. The summed E-state index contributed by atoms with van der Waals surface area (Å²) < 4.78 is 24.7. The second-order valence-corrected chi connectivity index (χ2v) is 11.1. The summed E-state index contributed by atoms with van der Waals surface area (Å²) in [5, 5.41) is 0. The van der Waals surface area contributed by atoms with Crippen LogP contribution in [0.1, 0.15) is 58.6 Å². The maximum atomic E-state index is 13.7. The first kappa shape index (κ1) is 29.7.